The van der Waals surface area contributed by atoms with Crippen LogP contribution in [0.15, 0.2) is 23.3 Å². The Hall–Kier alpha value is -2.68. The molecule has 0 bridgehead atoms. The number of carbonyl (C=O) groups excluding carboxylic acids is 4. The third kappa shape index (κ3) is 3.09. The van der Waals surface area contributed by atoms with Gasteiger partial charge in [-0.3, -0.25) is 9.59 Å². The number of ketones is 1. The van der Waals surface area contributed by atoms with Crippen LogP contribution in [0.3, 0.4) is 0 Å². The molecule has 0 aromatic carbocycles. The van der Waals surface area contributed by atoms with Gasteiger partial charge in [0.25, 0.3) is 0 Å². The fourth-order valence-corrected chi connectivity index (χ4v) is 7.43. The summed E-state index contributed by atoms with van der Waals surface area (Å²) in [5, 5.41) is 0. The van der Waals surface area contributed by atoms with Crippen molar-refractivity contribution in [2.75, 3.05) is 7.11 Å². The van der Waals surface area contributed by atoms with Crippen molar-refractivity contribution >= 4 is 23.9 Å². The molecule has 9 nitrogen and oxygen atoms in total. The van der Waals surface area contributed by atoms with E-state index in [4.69, 9.17) is 23.7 Å². The molecule has 0 unspecified atom stereocenters. The van der Waals surface area contributed by atoms with Crippen LogP contribution >= 0.6 is 0 Å². The lowest BCUT2D eigenvalue weighted by Crippen LogP contribution is -2.65. The predicted molar refractivity (Wildman–Crippen MR) is 120 cm³/mol. The normalized spacial score (nSPS) is 45.5. The van der Waals surface area contributed by atoms with Crippen LogP contribution < -0.4 is 0 Å². The molecule has 1 saturated carbocycles. The topological polar surface area (TPSA) is 114 Å². The summed E-state index contributed by atoms with van der Waals surface area (Å²) in [6, 6.07) is 0. The second-order valence-corrected chi connectivity index (χ2v) is 11.4. The van der Waals surface area contributed by atoms with Gasteiger partial charge in [-0.2, -0.15) is 0 Å². The summed E-state index contributed by atoms with van der Waals surface area (Å²) < 4.78 is 27.8. The van der Waals surface area contributed by atoms with Gasteiger partial charge in [-0.05, 0) is 63.2 Å². The van der Waals surface area contributed by atoms with Crippen molar-refractivity contribution in [2.45, 2.75) is 72.1 Å². The Balaban J connectivity index is 1.77. The lowest BCUT2D eigenvalue weighted by atomic mass is 9.45. The molecule has 0 aromatic heterocycles. The molecular formula is C26H32O9. The average molecular weight is 489 g/mol. The maximum absolute atomic E-state index is 13.8. The number of carbonyl (C=O) groups is 4. The number of esters is 2. The zero-order chi connectivity index (χ0) is 25.7. The van der Waals surface area contributed by atoms with Gasteiger partial charge in [0, 0.05) is 23.3 Å². The molecule has 35 heavy (non-hydrogen) atoms. The van der Waals surface area contributed by atoms with Gasteiger partial charge in [0.05, 0.1) is 12.5 Å². The zero-order valence-corrected chi connectivity index (χ0v) is 21.1. The third-order valence-corrected chi connectivity index (χ3v) is 9.24. The number of fused-ring (bicyclic) bond motifs is 3. The van der Waals surface area contributed by atoms with Crippen molar-refractivity contribution in [3.8, 4) is 0 Å². The molecule has 9 atom stereocenters. The van der Waals surface area contributed by atoms with Crippen molar-refractivity contribution in [3.05, 3.63) is 23.3 Å². The van der Waals surface area contributed by atoms with E-state index < -0.39 is 64.9 Å². The van der Waals surface area contributed by atoms with Gasteiger partial charge in [-0.1, -0.05) is 13.8 Å². The van der Waals surface area contributed by atoms with Crippen molar-refractivity contribution in [3.63, 3.8) is 0 Å². The number of Topliss-reactive ketones (excluding diaryl/α,β-unsaturated/α-hetero) is 1. The summed E-state index contributed by atoms with van der Waals surface area (Å²) in [5.41, 5.74) is -1.41. The van der Waals surface area contributed by atoms with Crippen LogP contribution in [0, 0.1) is 34.5 Å². The van der Waals surface area contributed by atoms with Crippen molar-refractivity contribution in [1.29, 1.82) is 0 Å². The SMILES string of the molecule is COC(=O)O[C@@H]1C=C2C(=CC(=O)OC2(C)C)[C@H](C)[C@@H]2C[C@@]3(C)C(=O)O[C@H]4O[C@@H](C)C(=O)[C@H]([C@H]43)[C@@]12C. The minimum absolute atomic E-state index is 0.155. The number of ether oxygens (including phenoxy) is 5. The van der Waals surface area contributed by atoms with Gasteiger partial charge < -0.3 is 23.7 Å². The molecule has 5 rings (SSSR count). The summed E-state index contributed by atoms with van der Waals surface area (Å²) in [5.74, 6) is -2.80. The average Bonchev–Trinajstić information content (AvgIpc) is 2.97. The van der Waals surface area contributed by atoms with E-state index in [0.717, 1.165) is 11.1 Å². The van der Waals surface area contributed by atoms with E-state index >= 15 is 0 Å². The lowest BCUT2D eigenvalue weighted by molar-refractivity contribution is -0.230. The molecule has 0 radical (unpaired) electrons. The summed E-state index contributed by atoms with van der Waals surface area (Å²) in [6.45, 7) is 11.0. The maximum atomic E-state index is 13.8. The maximum Gasteiger partial charge on any atom is 0.508 e. The Labute approximate surface area is 204 Å². The van der Waals surface area contributed by atoms with Crippen molar-refractivity contribution < 1.29 is 42.9 Å². The number of cyclic esters (lactones) is 1. The Morgan fingerprint density at radius 1 is 1.11 bits per heavy atom. The molecule has 0 N–H and O–H groups in total. The van der Waals surface area contributed by atoms with E-state index in [1.807, 2.05) is 20.8 Å². The van der Waals surface area contributed by atoms with E-state index in [0.29, 0.717) is 6.42 Å². The first-order valence-corrected chi connectivity index (χ1v) is 12.1. The summed E-state index contributed by atoms with van der Waals surface area (Å²) >= 11 is 0. The Morgan fingerprint density at radius 3 is 2.46 bits per heavy atom. The summed E-state index contributed by atoms with van der Waals surface area (Å²) in [7, 11) is 1.23. The zero-order valence-electron chi connectivity index (χ0n) is 21.1. The van der Waals surface area contributed by atoms with Gasteiger partial charge in [0.1, 0.15) is 17.8 Å². The molecule has 3 aliphatic heterocycles. The van der Waals surface area contributed by atoms with Gasteiger partial charge in [-0.15, -0.1) is 0 Å². The molecule has 0 spiro atoms. The second-order valence-electron chi connectivity index (χ2n) is 11.4. The monoisotopic (exact) mass is 488 g/mol. The first kappa shape index (κ1) is 24.0. The number of hydrogen-bond acceptors (Lipinski definition) is 9. The molecule has 3 fully saturated rings. The van der Waals surface area contributed by atoms with Crippen LogP contribution in [0.4, 0.5) is 4.79 Å². The first-order valence-electron chi connectivity index (χ1n) is 12.1. The Kier molecular flexibility index (Phi) is 5.09. The van der Waals surface area contributed by atoms with E-state index in [2.05, 4.69) is 0 Å². The minimum Gasteiger partial charge on any atom is -0.452 e. The Morgan fingerprint density at radius 2 is 1.80 bits per heavy atom. The smallest absolute Gasteiger partial charge is 0.452 e. The quantitative estimate of drug-likeness (QED) is 0.406. The molecule has 2 saturated heterocycles. The molecule has 5 aliphatic rings. The van der Waals surface area contributed by atoms with Crippen molar-refractivity contribution in [2.24, 2.45) is 34.5 Å². The first-order chi connectivity index (χ1) is 16.3. The van der Waals surface area contributed by atoms with E-state index in [1.165, 1.54) is 13.2 Å². The molecule has 0 amide bonds. The summed E-state index contributed by atoms with van der Waals surface area (Å²) in [4.78, 5) is 52.0. The van der Waals surface area contributed by atoms with Gasteiger partial charge in [0.15, 0.2) is 5.78 Å². The third-order valence-electron chi connectivity index (χ3n) is 9.24. The highest BCUT2D eigenvalue weighted by Gasteiger charge is 2.73. The highest BCUT2D eigenvalue weighted by molar-refractivity contribution is 5.91. The number of hydrogen-bond donors (Lipinski definition) is 0. The second kappa shape index (κ2) is 7.41. The highest BCUT2D eigenvalue weighted by Crippen LogP contribution is 2.67. The van der Waals surface area contributed by atoms with E-state index in [-0.39, 0.29) is 17.6 Å². The fraction of sp³-hybridized carbons (Fsp3) is 0.692. The van der Waals surface area contributed by atoms with Gasteiger partial charge >= 0.3 is 18.1 Å². The molecule has 2 aliphatic carbocycles. The molecule has 0 aromatic rings. The van der Waals surface area contributed by atoms with Crippen LogP contribution in [0.5, 0.6) is 0 Å². The molecule has 9 heteroatoms. The Bertz CT molecular complexity index is 1090. The lowest BCUT2D eigenvalue weighted by Gasteiger charge is -2.58. The predicted octanol–water partition coefficient (Wildman–Crippen LogP) is 3.11. The van der Waals surface area contributed by atoms with Crippen LogP contribution in [0.1, 0.15) is 48.0 Å². The standard InChI is InChI=1S/C26H32O9/c1-11-13-8-17(27)35-24(3,4)14(13)9-16(33-23(30)31-7)26(6)15(11)10-25(5)19-18(26)20(28)12(2)32-21(19)34-22(25)29/h8-9,11-12,15-16,18-19,21H,10H2,1-7H3/t11-,12-,15-,16+,18-,19+,21+,25+,26+/m0/s1. The van der Waals surface area contributed by atoms with Crippen LogP contribution in [-0.4, -0.2) is 55.1 Å². The largest absolute Gasteiger partial charge is 0.508 e. The van der Waals surface area contributed by atoms with E-state index in [9.17, 15) is 19.2 Å². The van der Waals surface area contributed by atoms with Crippen molar-refractivity contribution in [1.82, 2.24) is 0 Å². The molecular weight excluding hydrogens is 456 g/mol. The molecule has 190 valence electrons. The van der Waals surface area contributed by atoms with Gasteiger partial charge in [-0.25, -0.2) is 9.59 Å². The van der Waals surface area contributed by atoms with Gasteiger partial charge in [0.2, 0.25) is 6.29 Å². The number of rotatable bonds is 1. The fourth-order valence-electron chi connectivity index (χ4n) is 7.43. The summed E-state index contributed by atoms with van der Waals surface area (Å²) in [6.07, 6.45) is 0.237. The number of methoxy groups -OCH3 is 1. The van der Waals surface area contributed by atoms with Crippen LogP contribution in [0.25, 0.3) is 0 Å². The highest BCUT2D eigenvalue weighted by atomic mass is 16.7. The van der Waals surface area contributed by atoms with E-state index in [1.54, 1.807) is 26.8 Å². The minimum atomic E-state index is -0.981. The molecule has 3 heterocycles. The van der Waals surface area contributed by atoms with Crippen LogP contribution in [-0.2, 0) is 38.1 Å². The van der Waals surface area contributed by atoms with Crippen LogP contribution in [0.2, 0.25) is 0 Å².